The van der Waals surface area contributed by atoms with Gasteiger partial charge in [0.25, 0.3) is 5.91 Å². The quantitative estimate of drug-likeness (QED) is 0.685. The molecule has 0 bridgehead atoms. The first kappa shape index (κ1) is 16.9. The van der Waals surface area contributed by atoms with Crippen LogP contribution in [-0.2, 0) is 6.54 Å². The molecule has 5 rings (SSSR count). The molecule has 1 aromatic heterocycles. The number of ether oxygens (including phenoxy) is 2. The van der Waals surface area contributed by atoms with Crippen molar-refractivity contribution in [1.29, 1.82) is 0 Å². The van der Waals surface area contributed by atoms with Gasteiger partial charge >= 0.3 is 0 Å². The third-order valence-corrected chi connectivity index (χ3v) is 5.56. The zero-order valence-corrected chi connectivity index (χ0v) is 15.8. The Balaban J connectivity index is 1.59. The summed E-state index contributed by atoms with van der Waals surface area (Å²) in [6, 6.07) is 17.8. The number of amides is 1. The lowest BCUT2D eigenvalue weighted by Gasteiger charge is -2.38. The Labute approximate surface area is 164 Å². The monoisotopic (exact) mass is 374 g/mol. The van der Waals surface area contributed by atoms with Crippen molar-refractivity contribution in [3.8, 4) is 11.5 Å². The van der Waals surface area contributed by atoms with E-state index in [4.69, 9.17) is 9.47 Å². The molecule has 0 spiro atoms. The first-order valence-corrected chi connectivity index (χ1v) is 9.63. The van der Waals surface area contributed by atoms with Crippen LogP contribution in [0.15, 0.2) is 60.8 Å². The van der Waals surface area contributed by atoms with Gasteiger partial charge in [0.15, 0.2) is 11.5 Å². The van der Waals surface area contributed by atoms with Crippen molar-refractivity contribution in [3.63, 3.8) is 0 Å². The molecule has 0 saturated heterocycles. The topological polar surface area (TPSA) is 43.7 Å². The minimum Gasteiger partial charge on any atom is -0.486 e. The number of benzene rings is 2. The van der Waals surface area contributed by atoms with Crippen LogP contribution >= 0.6 is 0 Å². The fourth-order valence-electron chi connectivity index (χ4n) is 4.15. The van der Waals surface area contributed by atoms with Crippen molar-refractivity contribution in [2.45, 2.75) is 19.5 Å². The Morgan fingerprint density at radius 3 is 2.64 bits per heavy atom. The second-order valence-corrected chi connectivity index (χ2v) is 7.25. The van der Waals surface area contributed by atoms with Gasteiger partial charge in [-0.25, -0.2) is 0 Å². The molecule has 3 aromatic rings. The maximum atomic E-state index is 13.5. The first-order valence-electron chi connectivity index (χ1n) is 9.63. The highest BCUT2D eigenvalue weighted by Gasteiger charge is 2.33. The second-order valence-electron chi connectivity index (χ2n) is 7.25. The third-order valence-electron chi connectivity index (χ3n) is 5.56. The number of carbonyl (C=O) groups is 1. The molecule has 1 atom stereocenters. The summed E-state index contributed by atoms with van der Waals surface area (Å²) in [5, 5.41) is 0. The highest BCUT2D eigenvalue weighted by Crippen LogP contribution is 2.39. The molecule has 0 aliphatic carbocycles. The molecule has 3 heterocycles. The molecule has 1 amide bonds. The van der Waals surface area contributed by atoms with E-state index in [1.807, 2.05) is 60.4 Å². The van der Waals surface area contributed by atoms with Crippen LogP contribution in [0.3, 0.4) is 0 Å². The molecule has 0 radical (unpaired) electrons. The Bertz CT molecular complexity index is 1040. The Morgan fingerprint density at radius 1 is 0.964 bits per heavy atom. The number of aryl methyl sites for hydroxylation is 1. The van der Waals surface area contributed by atoms with Crippen molar-refractivity contribution in [2.24, 2.45) is 0 Å². The van der Waals surface area contributed by atoms with Crippen molar-refractivity contribution in [2.75, 3.05) is 19.8 Å². The highest BCUT2D eigenvalue weighted by molar-refractivity contribution is 5.96. The summed E-state index contributed by atoms with van der Waals surface area (Å²) in [6.07, 6.45) is 2.08. The maximum absolute atomic E-state index is 13.5. The Kier molecular flexibility index (Phi) is 4.08. The number of rotatable bonds is 2. The summed E-state index contributed by atoms with van der Waals surface area (Å²) >= 11 is 0. The normalized spacial score (nSPS) is 17.9. The van der Waals surface area contributed by atoms with Gasteiger partial charge in [-0.3, -0.25) is 4.79 Å². The van der Waals surface area contributed by atoms with Gasteiger partial charge in [0.2, 0.25) is 0 Å². The van der Waals surface area contributed by atoms with Crippen LogP contribution in [0, 0.1) is 6.92 Å². The van der Waals surface area contributed by atoms with Gasteiger partial charge < -0.3 is 18.9 Å². The lowest BCUT2D eigenvalue weighted by Crippen LogP contribution is -2.42. The van der Waals surface area contributed by atoms with E-state index in [2.05, 4.69) is 16.8 Å². The van der Waals surface area contributed by atoms with Crippen LogP contribution in [0.5, 0.6) is 11.5 Å². The van der Waals surface area contributed by atoms with E-state index in [0.717, 1.165) is 40.4 Å². The molecule has 0 unspecified atom stereocenters. The van der Waals surface area contributed by atoms with Crippen molar-refractivity contribution >= 4 is 5.91 Å². The number of nitrogens with zero attached hydrogens (tertiary/aromatic N) is 2. The van der Waals surface area contributed by atoms with Gasteiger partial charge in [-0.05, 0) is 48.4 Å². The van der Waals surface area contributed by atoms with E-state index in [1.165, 1.54) is 0 Å². The van der Waals surface area contributed by atoms with Crippen LogP contribution in [0.2, 0.25) is 0 Å². The predicted molar refractivity (Wildman–Crippen MR) is 106 cm³/mol. The molecule has 142 valence electrons. The molecule has 5 nitrogen and oxygen atoms in total. The van der Waals surface area contributed by atoms with Crippen LogP contribution in [-0.4, -0.2) is 35.1 Å². The van der Waals surface area contributed by atoms with E-state index in [-0.39, 0.29) is 11.9 Å². The third kappa shape index (κ3) is 2.74. The zero-order chi connectivity index (χ0) is 19.1. The van der Waals surface area contributed by atoms with Crippen molar-refractivity contribution in [1.82, 2.24) is 9.47 Å². The molecule has 2 aromatic carbocycles. The molecule has 0 fully saturated rings. The largest absolute Gasteiger partial charge is 0.486 e. The Morgan fingerprint density at radius 2 is 1.79 bits per heavy atom. The summed E-state index contributed by atoms with van der Waals surface area (Å²) < 4.78 is 13.7. The zero-order valence-electron chi connectivity index (χ0n) is 15.8. The Hall–Kier alpha value is -3.21. The van der Waals surface area contributed by atoms with Gasteiger partial charge in [0.05, 0.1) is 6.04 Å². The van der Waals surface area contributed by atoms with E-state index in [9.17, 15) is 4.79 Å². The summed E-state index contributed by atoms with van der Waals surface area (Å²) in [5.41, 5.74) is 3.90. The molecule has 0 N–H and O–H groups in total. The van der Waals surface area contributed by atoms with E-state index in [0.29, 0.717) is 19.8 Å². The van der Waals surface area contributed by atoms with Crippen LogP contribution < -0.4 is 9.47 Å². The molecule has 2 aliphatic rings. The smallest absolute Gasteiger partial charge is 0.255 e. The lowest BCUT2D eigenvalue weighted by molar-refractivity contribution is 0.0662. The van der Waals surface area contributed by atoms with Gasteiger partial charge in [-0.2, -0.15) is 0 Å². The minimum atomic E-state index is -0.160. The maximum Gasteiger partial charge on any atom is 0.255 e. The minimum absolute atomic E-state index is 0.0606. The van der Waals surface area contributed by atoms with Gasteiger partial charge in [0.1, 0.15) is 13.2 Å². The average Bonchev–Trinajstić information content (AvgIpc) is 3.21. The van der Waals surface area contributed by atoms with Gasteiger partial charge in [-0.15, -0.1) is 0 Å². The van der Waals surface area contributed by atoms with E-state index >= 15 is 0 Å². The number of aromatic nitrogens is 1. The number of carbonyl (C=O) groups excluding carboxylic acids is 1. The van der Waals surface area contributed by atoms with Crippen LogP contribution in [0.4, 0.5) is 0 Å². The molecule has 5 heteroatoms. The lowest BCUT2D eigenvalue weighted by atomic mass is 9.97. The molecule has 28 heavy (non-hydrogen) atoms. The summed E-state index contributed by atoms with van der Waals surface area (Å²) in [6.45, 7) is 4.55. The second kappa shape index (κ2) is 6.75. The van der Waals surface area contributed by atoms with Crippen LogP contribution in [0.1, 0.15) is 33.2 Å². The van der Waals surface area contributed by atoms with E-state index in [1.54, 1.807) is 0 Å². The fraction of sp³-hybridized carbons (Fsp3) is 0.261. The van der Waals surface area contributed by atoms with Gasteiger partial charge in [-0.1, -0.05) is 24.3 Å². The first-order chi connectivity index (χ1) is 13.7. The summed E-state index contributed by atoms with van der Waals surface area (Å²) in [7, 11) is 0. The average molecular weight is 374 g/mol. The number of hydrogen-bond donors (Lipinski definition) is 0. The van der Waals surface area contributed by atoms with Crippen molar-refractivity contribution in [3.05, 3.63) is 83.2 Å². The molecule has 0 saturated carbocycles. The SMILES string of the molecule is Cc1ccccc1C(=O)N1CCn2cccc2[C@H]1c1ccc2c(c1)OCCO2. The molecular formula is C23H22N2O3. The highest BCUT2D eigenvalue weighted by atomic mass is 16.6. The van der Waals surface area contributed by atoms with Gasteiger partial charge in [0, 0.05) is 30.5 Å². The van der Waals surface area contributed by atoms with Crippen molar-refractivity contribution < 1.29 is 14.3 Å². The summed E-state index contributed by atoms with van der Waals surface area (Å²) in [5.74, 6) is 1.57. The summed E-state index contributed by atoms with van der Waals surface area (Å²) in [4.78, 5) is 15.5. The molecular weight excluding hydrogens is 352 g/mol. The number of hydrogen-bond acceptors (Lipinski definition) is 3. The van der Waals surface area contributed by atoms with E-state index < -0.39 is 0 Å². The molecule has 2 aliphatic heterocycles. The predicted octanol–water partition coefficient (Wildman–Crippen LogP) is 3.81. The fourth-order valence-corrected chi connectivity index (χ4v) is 4.15. The standard InChI is InChI=1S/C23H22N2O3/c1-16-5-2-3-6-18(16)23(26)25-12-11-24-10-4-7-19(24)22(25)17-8-9-20-21(15-17)28-14-13-27-20/h2-10,15,22H,11-14H2,1H3/t22-/m1/s1. The van der Waals surface area contributed by atoms with Crippen LogP contribution in [0.25, 0.3) is 0 Å². The number of fused-ring (bicyclic) bond motifs is 2.